The van der Waals surface area contributed by atoms with Crippen LogP contribution >= 0.6 is 0 Å². The van der Waals surface area contributed by atoms with Crippen molar-refractivity contribution >= 4 is 0 Å². The van der Waals surface area contributed by atoms with Gasteiger partial charge in [0.15, 0.2) is 0 Å². The fourth-order valence-electron chi connectivity index (χ4n) is 0.719. The van der Waals surface area contributed by atoms with Gasteiger partial charge < -0.3 is 14.2 Å². The van der Waals surface area contributed by atoms with Crippen molar-refractivity contribution in [1.82, 2.24) is 0 Å². The summed E-state index contributed by atoms with van der Waals surface area (Å²) >= 11 is 0. The van der Waals surface area contributed by atoms with Gasteiger partial charge in [0, 0.05) is 7.11 Å². The molecule has 0 aromatic carbocycles. The van der Waals surface area contributed by atoms with Gasteiger partial charge in [0.05, 0.1) is 25.9 Å². The fraction of sp³-hybridized carbons (Fsp3) is 1.00. The van der Waals surface area contributed by atoms with E-state index in [0.29, 0.717) is 19.3 Å². The quantitative estimate of drug-likeness (QED) is 0.527. The summed E-state index contributed by atoms with van der Waals surface area (Å²) in [4.78, 5) is 0. The Morgan fingerprint density at radius 2 is 2.40 bits per heavy atom. The van der Waals surface area contributed by atoms with E-state index in [9.17, 15) is 0 Å². The maximum Gasteiger partial charge on any atom is 0.104 e. The minimum atomic E-state index is 0.189. The van der Waals surface area contributed by atoms with Crippen molar-refractivity contribution in [1.29, 1.82) is 0 Å². The molecule has 1 rings (SSSR count). The number of epoxide rings is 1. The second-order valence-electron chi connectivity index (χ2n) is 2.55. The zero-order valence-electron chi connectivity index (χ0n) is 6.50. The van der Waals surface area contributed by atoms with Gasteiger partial charge in [0.2, 0.25) is 0 Å². The Morgan fingerprint density at radius 3 is 2.90 bits per heavy atom. The van der Waals surface area contributed by atoms with Crippen LogP contribution in [-0.4, -0.2) is 39.1 Å². The summed E-state index contributed by atoms with van der Waals surface area (Å²) in [6.45, 7) is 4.23. The molecule has 0 saturated carbocycles. The van der Waals surface area contributed by atoms with E-state index in [1.165, 1.54) is 0 Å². The van der Waals surface area contributed by atoms with Crippen LogP contribution in [0.3, 0.4) is 0 Å². The van der Waals surface area contributed by atoms with E-state index in [1.54, 1.807) is 7.11 Å². The van der Waals surface area contributed by atoms with E-state index in [0.717, 1.165) is 6.61 Å². The van der Waals surface area contributed by atoms with Gasteiger partial charge in [-0.1, -0.05) is 0 Å². The second kappa shape index (κ2) is 3.91. The number of hydrogen-bond acceptors (Lipinski definition) is 3. The molecule has 3 heteroatoms. The van der Waals surface area contributed by atoms with Crippen LogP contribution < -0.4 is 0 Å². The van der Waals surface area contributed by atoms with E-state index in [-0.39, 0.29) is 6.10 Å². The molecule has 2 atom stereocenters. The zero-order valence-corrected chi connectivity index (χ0v) is 6.50. The highest BCUT2D eigenvalue weighted by molar-refractivity contribution is 4.67. The third kappa shape index (κ3) is 3.15. The average molecular weight is 146 g/mol. The molecular weight excluding hydrogens is 132 g/mol. The predicted octanol–water partition coefficient (Wildman–Crippen LogP) is 0.437. The van der Waals surface area contributed by atoms with Crippen LogP contribution in [0.4, 0.5) is 0 Å². The molecule has 1 heterocycles. The van der Waals surface area contributed by atoms with Gasteiger partial charge in [0.25, 0.3) is 0 Å². The Hall–Kier alpha value is -0.120. The van der Waals surface area contributed by atoms with Crippen LogP contribution in [0.2, 0.25) is 0 Å². The fourth-order valence-corrected chi connectivity index (χ4v) is 0.719. The molecule has 10 heavy (non-hydrogen) atoms. The third-order valence-electron chi connectivity index (χ3n) is 1.37. The number of rotatable bonds is 5. The summed E-state index contributed by atoms with van der Waals surface area (Å²) in [7, 11) is 1.67. The molecule has 0 N–H and O–H groups in total. The van der Waals surface area contributed by atoms with Gasteiger partial charge in [-0.05, 0) is 6.92 Å². The van der Waals surface area contributed by atoms with Crippen LogP contribution in [-0.2, 0) is 14.2 Å². The number of ether oxygens (including phenoxy) is 3. The lowest BCUT2D eigenvalue weighted by Gasteiger charge is -2.09. The largest absolute Gasteiger partial charge is 0.382 e. The molecule has 0 aliphatic carbocycles. The third-order valence-corrected chi connectivity index (χ3v) is 1.37. The summed E-state index contributed by atoms with van der Waals surface area (Å²) in [6.07, 6.45) is 0.550. The van der Waals surface area contributed by atoms with Gasteiger partial charge >= 0.3 is 0 Å². The summed E-state index contributed by atoms with van der Waals surface area (Å²) in [5.74, 6) is 0. The molecule has 2 unspecified atom stereocenters. The van der Waals surface area contributed by atoms with E-state index in [2.05, 4.69) is 0 Å². The van der Waals surface area contributed by atoms with Gasteiger partial charge in [-0.3, -0.25) is 0 Å². The normalized spacial score (nSPS) is 26.4. The highest BCUT2D eigenvalue weighted by atomic mass is 16.6. The minimum absolute atomic E-state index is 0.189. The minimum Gasteiger partial charge on any atom is -0.382 e. The van der Waals surface area contributed by atoms with Crippen molar-refractivity contribution in [2.75, 3.05) is 26.9 Å². The molecule has 1 aliphatic rings. The summed E-state index contributed by atoms with van der Waals surface area (Å²) < 4.78 is 15.2. The molecule has 0 aromatic rings. The summed E-state index contributed by atoms with van der Waals surface area (Å²) in [6, 6.07) is 0. The summed E-state index contributed by atoms with van der Waals surface area (Å²) in [5, 5.41) is 0. The van der Waals surface area contributed by atoms with Crippen molar-refractivity contribution in [3.8, 4) is 0 Å². The molecule has 0 aromatic heterocycles. The molecule has 60 valence electrons. The molecule has 0 spiro atoms. The lowest BCUT2D eigenvalue weighted by molar-refractivity contribution is 0.00298. The number of methoxy groups -OCH3 is 1. The Balaban J connectivity index is 1.89. The Morgan fingerprint density at radius 1 is 1.70 bits per heavy atom. The van der Waals surface area contributed by atoms with Crippen LogP contribution in [0.1, 0.15) is 6.92 Å². The second-order valence-corrected chi connectivity index (χ2v) is 2.55. The molecule has 0 bridgehead atoms. The first-order chi connectivity index (χ1) is 4.83. The highest BCUT2D eigenvalue weighted by Gasteiger charge is 2.23. The van der Waals surface area contributed by atoms with Crippen molar-refractivity contribution < 1.29 is 14.2 Å². The van der Waals surface area contributed by atoms with E-state index >= 15 is 0 Å². The van der Waals surface area contributed by atoms with Crippen molar-refractivity contribution in [2.45, 2.75) is 19.1 Å². The molecular formula is C7H14O3. The van der Waals surface area contributed by atoms with Gasteiger partial charge in [-0.15, -0.1) is 0 Å². The highest BCUT2D eigenvalue weighted by Crippen LogP contribution is 2.09. The van der Waals surface area contributed by atoms with E-state index < -0.39 is 0 Å². The van der Waals surface area contributed by atoms with E-state index in [4.69, 9.17) is 14.2 Å². The zero-order chi connectivity index (χ0) is 7.40. The maximum absolute atomic E-state index is 5.36. The SMILES string of the molecule is COCC(C)OCC1CO1. The van der Waals surface area contributed by atoms with Gasteiger partial charge in [0.1, 0.15) is 6.10 Å². The van der Waals surface area contributed by atoms with Crippen LogP contribution in [0, 0.1) is 0 Å². The standard InChI is InChI=1S/C7H14O3/c1-6(3-8-2)9-4-7-5-10-7/h6-7H,3-5H2,1-2H3. The average Bonchev–Trinajstić information content (AvgIpc) is 2.67. The Bertz CT molecular complexity index is 90.9. The lowest BCUT2D eigenvalue weighted by Crippen LogP contribution is -2.17. The maximum atomic E-state index is 5.36. The van der Waals surface area contributed by atoms with Crippen LogP contribution in [0.25, 0.3) is 0 Å². The first kappa shape index (κ1) is 7.98. The first-order valence-corrected chi connectivity index (χ1v) is 3.55. The van der Waals surface area contributed by atoms with Crippen LogP contribution in [0.5, 0.6) is 0 Å². The molecule has 0 radical (unpaired) electrons. The lowest BCUT2D eigenvalue weighted by atomic mass is 10.4. The van der Waals surface area contributed by atoms with Crippen LogP contribution in [0.15, 0.2) is 0 Å². The van der Waals surface area contributed by atoms with Gasteiger partial charge in [-0.25, -0.2) is 0 Å². The van der Waals surface area contributed by atoms with E-state index in [1.807, 2.05) is 6.92 Å². The number of hydrogen-bond donors (Lipinski definition) is 0. The molecule has 1 fully saturated rings. The topological polar surface area (TPSA) is 31.0 Å². The van der Waals surface area contributed by atoms with Crippen molar-refractivity contribution in [3.05, 3.63) is 0 Å². The Kier molecular flexibility index (Phi) is 3.12. The smallest absolute Gasteiger partial charge is 0.104 e. The van der Waals surface area contributed by atoms with Crippen molar-refractivity contribution in [3.63, 3.8) is 0 Å². The Labute approximate surface area is 61.3 Å². The molecule has 1 saturated heterocycles. The molecule has 3 nitrogen and oxygen atoms in total. The predicted molar refractivity (Wildman–Crippen MR) is 37.0 cm³/mol. The first-order valence-electron chi connectivity index (χ1n) is 3.55. The summed E-state index contributed by atoms with van der Waals surface area (Å²) in [5.41, 5.74) is 0. The monoisotopic (exact) mass is 146 g/mol. The molecule has 0 amide bonds. The van der Waals surface area contributed by atoms with Crippen molar-refractivity contribution in [2.24, 2.45) is 0 Å². The molecule has 1 aliphatic heterocycles. The van der Waals surface area contributed by atoms with Gasteiger partial charge in [-0.2, -0.15) is 0 Å².